The fraction of sp³-hybridized carbons (Fsp3) is 0.0476. The third-order valence-electron chi connectivity index (χ3n) is 4.35. The number of pyridine rings is 1. The second-order valence-electron chi connectivity index (χ2n) is 6.35. The molecule has 0 aliphatic rings. The predicted molar refractivity (Wildman–Crippen MR) is 106 cm³/mol. The lowest BCUT2D eigenvalue weighted by molar-refractivity contribution is 0.602. The highest BCUT2D eigenvalue weighted by molar-refractivity contribution is 7.90. The quantitative estimate of drug-likeness (QED) is 0.559. The highest BCUT2D eigenvalue weighted by Crippen LogP contribution is 2.33. The number of nitrogens with one attached hydrogen (secondary N) is 1. The SMILES string of the molecule is CS(=O)(=O)c1ccc(-c2nc(-c3ccc(F)cc3)[nH]c2-c2ccncc2)cc1. The van der Waals surface area contributed by atoms with Gasteiger partial charge in [0.05, 0.1) is 16.3 Å². The Kier molecular flexibility index (Phi) is 4.52. The number of hydrogen-bond donors (Lipinski definition) is 1. The summed E-state index contributed by atoms with van der Waals surface area (Å²) in [6.07, 6.45) is 4.54. The number of nitrogens with zero attached hydrogens (tertiary/aromatic N) is 2. The molecule has 0 spiro atoms. The third-order valence-corrected chi connectivity index (χ3v) is 5.47. The topological polar surface area (TPSA) is 75.7 Å². The molecule has 1 N–H and O–H groups in total. The number of hydrogen-bond acceptors (Lipinski definition) is 4. The molecule has 2 heterocycles. The molecule has 2 aromatic heterocycles. The average Bonchev–Trinajstić information content (AvgIpc) is 3.14. The molecule has 0 radical (unpaired) electrons. The van der Waals surface area contributed by atoms with Crippen molar-refractivity contribution in [2.75, 3.05) is 6.26 Å². The summed E-state index contributed by atoms with van der Waals surface area (Å²) in [6.45, 7) is 0. The largest absolute Gasteiger partial charge is 0.337 e. The number of aromatic amines is 1. The number of sulfone groups is 1. The lowest BCUT2D eigenvalue weighted by Crippen LogP contribution is -1.96. The Balaban J connectivity index is 1.86. The van der Waals surface area contributed by atoms with Gasteiger partial charge in [-0.15, -0.1) is 0 Å². The van der Waals surface area contributed by atoms with Crippen LogP contribution >= 0.6 is 0 Å². The number of imidazole rings is 1. The Morgan fingerprint density at radius 1 is 0.821 bits per heavy atom. The third kappa shape index (κ3) is 3.57. The Morgan fingerprint density at radius 3 is 2.04 bits per heavy atom. The van der Waals surface area contributed by atoms with Crippen LogP contribution < -0.4 is 0 Å². The monoisotopic (exact) mass is 393 g/mol. The highest BCUT2D eigenvalue weighted by Gasteiger charge is 2.16. The Hall–Kier alpha value is -3.32. The molecule has 28 heavy (non-hydrogen) atoms. The summed E-state index contributed by atoms with van der Waals surface area (Å²) in [5, 5.41) is 0. The molecule has 5 nitrogen and oxygen atoms in total. The van der Waals surface area contributed by atoms with Crippen molar-refractivity contribution in [3.63, 3.8) is 0 Å². The van der Waals surface area contributed by atoms with Gasteiger partial charge in [-0.1, -0.05) is 12.1 Å². The summed E-state index contributed by atoms with van der Waals surface area (Å²) in [7, 11) is -3.28. The van der Waals surface area contributed by atoms with Crippen LogP contribution in [0.15, 0.2) is 78.0 Å². The standard InChI is InChI=1S/C21H16FN3O2S/c1-28(26,27)18-8-4-14(5-9-18)19-20(15-10-12-23-13-11-15)25-21(24-19)16-2-6-17(22)7-3-16/h2-13H,1H3,(H,24,25). The van der Waals surface area contributed by atoms with E-state index in [1.54, 1.807) is 48.8 Å². The fourth-order valence-corrected chi connectivity index (χ4v) is 3.54. The molecule has 0 bridgehead atoms. The Labute approximate surface area is 161 Å². The van der Waals surface area contributed by atoms with Crippen molar-refractivity contribution in [3.05, 3.63) is 78.9 Å². The first-order chi connectivity index (χ1) is 13.4. The van der Waals surface area contributed by atoms with Gasteiger partial charge in [0, 0.05) is 35.3 Å². The number of rotatable bonds is 4. The summed E-state index contributed by atoms with van der Waals surface area (Å²) < 4.78 is 36.7. The molecule has 0 aliphatic carbocycles. The van der Waals surface area contributed by atoms with Gasteiger partial charge >= 0.3 is 0 Å². The van der Waals surface area contributed by atoms with Crippen molar-refractivity contribution in [2.45, 2.75) is 4.90 Å². The van der Waals surface area contributed by atoms with Gasteiger partial charge in [-0.25, -0.2) is 17.8 Å². The summed E-state index contributed by atoms with van der Waals surface area (Å²) >= 11 is 0. The minimum Gasteiger partial charge on any atom is -0.337 e. The summed E-state index contributed by atoms with van der Waals surface area (Å²) in [4.78, 5) is 12.3. The zero-order valence-corrected chi connectivity index (χ0v) is 15.7. The Morgan fingerprint density at radius 2 is 1.43 bits per heavy atom. The van der Waals surface area contributed by atoms with Crippen molar-refractivity contribution >= 4 is 9.84 Å². The van der Waals surface area contributed by atoms with Crippen molar-refractivity contribution in [2.24, 2.45) is 0 Å². The number of H-pyrrole nitrogens is 1. The summed E-state index contributed by atoms with van der Waals surface area (Å²) in [5.41, 5.74) is 3.84. The van der Waals surface area contributed by atoms with E-state index in [1.165, 1.54) is 18.4 Å². The van der Waals surface area contributed by atoms with Crippen molar-refractivity contribution in [1.29, 1.82) is 0 Å². The van der Waals surface area contributed by atoms with E-state index in [2.05, 4.69) is 9.97 Å². The first kappa shape index (κ1) is 18.1. The van der Waals surface area contributed by atoms with Gasteiger partial charge in [-0.2, -0.15) is 0 Å². The summed E-state index contributed by atoms with van der Waals surface area (Å²) in [5.74, 6) is 0.273. The molecule has 0 unspecified atom stereocenters. The highest BCUT2D eigenvalue weighted by atomic mass is 32.2. The summed E-state index contributed by atoms with van der Waals surface area (Å²) in [6, 6.07) is 16.4. The second kappa shape index (κ2) is 7.01. The molecule has 4 aromatic rings. The molecule has 2 aromatic carbocycles. The van der Waals surface area contributed by atoms with Crippen LogP contribution in [0.4, 0.5) is 4.39 Å². The van der Waals surface area contributed by atoms with Crippen LogP contribution in [-0.4, -0.2) is 29.6 Å². The molecule has 0 amide bonds. The predicted octanol–water partition coefficient (Wildman–Crippen LogP) is 4.35. The van der Waals surface area contributed by atoms with Gasteiger partial charge in [0.15, 0.2) is 9.84 Å². The molecule has 0 fully saturated rings. The Bertz CT molecular complexity index is 1220. The molecule has 0 saturated heterocycles. The van der Waals surface area contributed by atoms with E-state index < -0.39 is 9.84 Å². The lowest BCUT2D eigenvalue weighted by Gasteiger charge is -2.04. The molecule has 7 heteroatoms. The van der Waals surface area contributed by atoms with Gasteiger partial charge in [0.25, 0.3) is 0 Å². The van der Waals surface area contributed by atoms with Crippen LogP contribution in [0.1, 0.15) is 0 Å². The number of benzene rings is 2. The minimum absolute atomic E-state index is 0.246. The molecule has 4 rings (SSSR count). The van der Waals surface area contributed by atoms with Gasteiger partial charge in [-0.3, -0.25) is 4.98 Å². The van der Waals surface area contributed by atoms with Gasteiger partial charge in [-0.05, 0) is 48.5 Å². The van der Waals surface area contributed by atoms with Crippen molar-refractivity contribution < 1.29 is 12.8 Å². The average molecular weight is 393 g/mol. The normalized spacial score (nSPS) is 11.5. The molecule has 0 atom stereocenters. The van der Waals surface area contributed by atoms with Gasteiger partial charge in [0.1, 0.15) is 11.6 Å². The van der Waals surface area contributed by atoms with E-state index in [-0.39, 0.29) is 10.7 Å². The number of aromatic nitrogens is 3. The van der Waals surface area contributed by atoms with E-state index in [4.69, 9.17) is 4.98 Å². The second-order valence-corrected chi connectivity index (χ2v) is 8.36. The van der Waals surface area contributed by atoms with Crippen LogP contribution in [0.25, 0.3) is 33.9 Å². The maximum atomic E-state index is 13.3. The maximum absolute atomic E-state index is 13.3. The first-order valence-electron chi connectivity index (χ1n) is 8.49. The van der Waals surface area contributed by atoms with E-state index in [9.17, 15) is 12.8 Å². The molecule has 140 valence electrons. The van der Waals surface area contributed by atoms with Gasteiger partial charge < -0.3 is 4.98 Å². The van der Waals surface area contributed by atoms with Crippen LogP contribution in [-0.2, 0) is 9.84 Å². The van der Waals surface area contributed by atoms with E-state index >= 15 is 0 Å². The smallest absolute Gasteiger partial charge is 0.175 e. The van der Waals surface area contributed by atoms with Crippen LogP contribution in [0.3, 0.4) is 0 Å². The minimum atomic E-state index is -3.28. The zero-order valence-electron chi connectivity index (χ0n) is 14.9. The van der Waals surface area contributed by atoms with Crippen molar-refractivity contribution in [1.82, 2.24) is 15.0 Å². The molecular weight excluding hydrogens is 377 g/mol. The fourth-order valence-electron chi connectivity index (χ4n) is 2.91. The molecular formula is C21H16FN3O2S. The molecule has 0 saturated carbocycles. The molecule has 0 aliphatic heterocycles. The van der Waals surface area contributed by atoms with Crippen LogP contribution in [0, 0.1) is 5.82 Å². The van der Waals surface area contributed by atoms with Crippen LogP contribution in [0.5, 0.6) is 0 Å². The zero-order chi connectivity index (χ0) is 19.7. The lowest BCUT2D eigenvalue weighted by atomic mass is 10.1. The number of halogens is 1. The van der Waals surface area contributed by atoms with E-state index in [0.29, 0.717) is 11.5 Å². The van der Waals surface area contributed by atoms with E-state index in [0.717, 1.165) is 22.4 Å². The van der Waals surface area contributed by atoms with Crippen LogP contribution in [0.2, 0.25) is 0 Å². The first-order valence-corrected chi connectivity index (χ1v) is 10.4. The van der Waals surface area contributed by atoms with Crippen molar-refractivity contribution in [3.8, 4) is 33.9 Å². The van der Waals surface area contributed by atoms with Gasteiger partial charge in [0.2, 0.25) is 0 Å². The van der Waals surface area contributed by atoms with E-state index in [1.807, 2.05) is 12.1 Å². The maximum Gasteiger partial charge on any atom is 0.175 e.